The summed E-state index contributed by atoms with van der Waals surface area (Å²) in [7, 11) is 0. The van der Waals surface area contributed by atoms with E-state index in [9.17, 15) is 9.59 Å². The Balaban J connectivity index is 2.03. The van der Waals surface area contributed by atoms with Crippen LogP contribution in [0.4, 0.5) is 4.79 Å². The first-order chi connectivity index (χ1) is 10.7. The first kappa shape index (κ1) is 14.3. The Hall–Kier alpha value is -2.67. The van der Waals surface area contributed by atoms with E-state index < -0.39 is 6.03 Å². The molecule has 0 saturated carbocycles. The molecule has 0 bridgehead atoms. The maximum atomic E-state index is 12.4. The lowest BCUT2D eigenvalue weighted by atomic mass is 9.91. The van der Waals surface area contributed by atoms with E-state index in [0.29, 0.717) is 18.8 Å². The predicted octanol–water partition coefficient (Wildman–Crippen LogP) is 0.580. The molecule has 7 heteroatoms. The molecule has 1 fully saturated rings. The molecule has 7 nitrogen and oxygen atoms in total. The number of nitrogens with one attached hydrogen (secondary N) is 1. The number of allylic oxidation sites excluding steroid dienone is 1. The van der Waals surface area contributed by atoms with Crippen molar-refractivity contribution in [2.24, 2.45) is 10.8 Å². The molecule has 1 aromatic carbocycles. The van der Waals surface area contributed by atoms with Crippen LogP contribution in [0.2, 0.25) is 0 Å². The number of ether oxygens (including phenoxy) is 1. The maximum Gasteiger partial charge on any atom is 0.332 e. The minimum Gasteiger partial charge on any atom is -0.378 e. The molecule has 1 aliphatic heterocycles. The SMILES string of the molecule is NC(=O)N/N=C1\C=C(N2CCOCC2)c2ccccc2C1=O. The van der Waals surface area contributed by atoms with Crippen LogP contribution >= 0.6 is 0 Å². The van der Waals surface area contributed by atoms with Crippen LogP contribution in [0.25, 0.3) is 5.70 Å². The molecule has 2 aliphatic rings. The molecule has 114 valence electrons. The Bertz CT molecular complexity index is 675. The van der Waals surface area contributed by atoms with Gasteiger partial charge < -0.3 is 15.4 Å². The van der Waals surface area contributed by atoms with Gasteiger partial charge in [0.1, 0.15) is 5.71 Å². The summed E-state index contributed by atoms with van der Waals surface area (Å²) in [6, 6.07) is 6.56. The van der Waals surface area contributed by atoms with Crippen molar-refractivity contribution in [3.05, 3.63) is 41.5 Å². The lowest BCUT2D eigenvalue weighted by Crippen LogP contribution is -2.37. The standard InChI is InChI=1S/C15H16N4O3/c16-15(21)18-17-12-9-13(19-5-7-22-8-6-19)10-3-1-2-4-11(10)14(12)20/h1-4,9H,5-8H2,(H3,16,18,21)/b17-12+. The van der Waals surface area contributed by atoms with Gasteiger partial charge in [-0.25, -0.2) is 10.2 Å². The van der Waals surface area contributed by atoms with Crippen molar-refractivity contribution in [2.45, 2.75) is 0 Å². The summed E-state index contributed by atoms with van der Waals surface area (Å²) in [5.74, 6) is -0.235. The Labute approximate surface area is 127 Å². The van der Waals surface area contributed by atoms with Crippen molar-refractivity contribution in [3.63, 3.8) is 0 Å². The first-order valence-electron chi connectivity index (χ1n) is 6.98. The zero-order chi connectivity index (χ0) is 15.5. The van der Waals surface area contributed by atoms with Gasteiger partial charge in [0.2, 0.25) is 5.78 Å². The van der Waals surface area contributed by atoms with Gasteiger partial charge in [-0.1, -0.05) is 24.3 Å². The molecule has 3 N–H and O–H groups in total. The number of hydrazone groups is 1. The van der Waals surface area contributed by atoms with E-state index >= 15 is 0 Å². The second kappa shape index (κ2) is 5.98. The zero-order valence-electron chi connectivity index (χ0n) is 11.9. The molecule has 0 atom stereocenters. The molecule has 2 amide bonds. The molecule has 1 heterocycles. The van der Waals surface area contributed by atoms with E-state index in [4.69, 9.17) is 10.5 Å². The lowest BCUT2D eigenvalue weighted by molar-refractivity contribution is 0.0639. The van der Waals surface area contributed by atoms with E-state index in [1.165, 1.54) is 0 Å². The molecular formula is C15H16N4O3. The largest absolute Gasteiger partial charge is 0.378 e. The Morgan fingerprint density at radius 1 is 1.23 bits per heavy atom. The number of fused-ring (bicyclic) bond motifs is 1. The smallest absolute Gasteiger partial charge is 0.332 e. The monoisotopic (exact) mass is 300 g/mol. The van der Waals surface area contributed by atoms with Gasteiger partial charge in [0.15, 0.2) is 0 Å². The number of rotatable bonds is 2. The Kier molecular flexibility index (Phi) is 3.88. The maximum absolute atomic E-state index is 12.4. The fourth-order valence-electron chi connectivity index (χ4n) is 2.58. The lowest BCUT2D eigenvalue weighted by Gasteiger charge is -2.33. The number of hydrogen-bond donors (Lipinski definition) is 2. The number of primary amides is 1. The molecule has 22 heavy (non-hydrogen) atoms. The Morgan fingerprint density at radius 3 is 2.59 bits per heavy atom. The molecule has 0 spiro atoms. The summed E-state index contributed by atoms with van der Waals surface area (Å²) < 4.78 is 5.37. The fraction of sp³-hybridized carbons (Fsp3) is 0.267. The average molecular weight is 300 g/mol. The molecule has 0 unspecified atom stereocenters. The van der Waals surface area contributed by atoms with Crippen molar-refractivity contribution in [1.82, 2.24) is 10.3 Å². The van der Waals surface area contributed by atoms with Crippen LogP contribution in [-0.2, 0) is 4.74 Å². The number of ketones is 1. The highest BCUT2D eigenvalue weighted by atomic mass is 16.5. The summed E-state index contributed by atoms with van der Waals surface area (Å²) in [4.78, 5) is 25.4. The second-order valence-corrected chi connectivity index (χ2v) is 4.98. The summed E-state index contributed by atoms with van der Waals surface area (Å²) in [5.41, 5.74) is 9.64. The third-order valence-electron chi connectivity index (χ3n) is 3.59. The number of hydrogen-bond acceptors (Lipinski definition) is 5. The normalized spacial score (nSPS) is 19.6. The van der Waals surface area contributed by atoms with Crippen molar-refractivity contribution in [1.29, 1.82) is 0 Å². The van der Waals surface area contributed by atoms with Crippen molar-refractivity contribution >= 4 is 23.2 Å². The van der Waals surface area contributed by atoms with E-state index in [1.54, 1.807) is 18.2 Å². The zero-order valence-corrected chi connectivity index (χ0v) is 11.9. The molecular weight excluding hydrogens is 284 g/mol. The number of nitrogens with two attached hydrogens (primary N) is 1. The average Bonchev–Trinajstić information content (AvgIpc) is 2.55. The van der Waals surface area contributed by atoms with Gasteiger partial charge in [-0.2, -0.15) is 5.10 Å². The second-order valence-electron chi connectivity index (χ2n) is 4.98. The summed E-state index contributed by atoms with van der Waals surface area (Å²) in [6.07, 6.45) is 1.69. The molecule has 1 saturated heterocycles. The van der Waals surface area contributed by atoms with Crippen molar-refractivity contribution in [2.75, 3.05) is 26.3 Å². The fourth-order valence-corrected chi connectivity index (χ4v) is 2.58. The summed E-state index contributed by atoms with van der Waals surface area (Å²) in [6.45, 7) is 2.76. The molecule has 3 rings (SSSR count). The van der Waals surface area contributed by atoms with Gasteiger partial charge in [-0.15, -0.1) is 0 Å². The van der Waals surface area contributed by atoms with Crippen LogP contribution in [0, 0.1) is 0 Å². The summed E-state index contributed by atoms with van der Waals surface area (Å²) >= 11 is 0. The number of amides is 2. The number of morpholine rings is 1. The summed E-state index contributed by atoms with van der Waals surface area (Å²) in [5, 5.41) is 3.82. The highest BCUT2D eigenvalue weighted by Crippen LogP contribution is 2.28. The van der Waals surface area contributed by atoms with Crippen LogP contribution in [-0.4, -0.2) is 48.7 Å². The third-order valence-corrected chi connectivity index (χ3v) is 3.59. The topological polar surface area (TPSA) is 97.0 Å². The predicted molar refractivity (Wildman–Crippen MR) is 81.3 cm³/mol. The van der Waals surface area contributed by atoms with Crippen LogP contribution in [0.15, 0.2) is 35.4 Å². The number of urea groups is 1. The molecule has 0 aromatic heterocycles. The van der Waals surface area contributed by atoms with E-state index in [1.807, 2.05) is 12.1 Å². The number of benzene rings is 1. The Morgan fingerprint density at radius 2 is 1.91 bits per heavy atom. The molecule has 0 radical (unpaired) electrons. The van der Waals surface area contributed by atoms with Gasteiger partial charge in [0.05, 0.1) is 13.2 Å². The number of carbonyl (C=O) groups is 2. The van der Waals surface area contributed by atoms with Gasteiger partial charge in [-0.05, 0) is 6.08 Å². The van der Waals surface area contributed by atoms with Crippen molar-refractivity contribution in [3.8, 4) is 0 Å². The van der Waals surface area contributed by atoms with Gasteiger partial charge in [0.25, 0.3) is 0 Å². The minimum atomic E-state index is -0.805. The van der Waals surface area contributed by atoms with E-state index in [-0.39, 0.29) is 11.5 Å². The number of carbonyl (C=O) groups excluding carboxylic acids is 2. The molecule has 1 aromatic rings. The molecule has 1 aliphatic carbocycles. The first-order valence-corrected chi connectivity index (χ1v) is 6.98. The third kappa shape index (κ3) is 2.71. The van der Waals surface area contributed by atoms with Crippen LogP contribution in [0.3, 0.4) is 0 Å². The van der Waals surface area contributed by atoms with E-state index in [0.717, 1.165) is 24.4 Å². The number of Topliss-reactive ketones (excluding diaryl/α,β-unsaturated/α-hetero) is 1. The van der Waals surface area contributed by atoms with Crippen molar-refractivity contribution < 1.29 is 14.3 Å². The van der Waals surface area contributed by atoms with E-state index in [2.05, 4.69) is 15.4 Å². The van der Waals surface area contributed by atoms with Gasteiger partial charge >= 0.3 is 6.03 Å². The quantitative estimate of drug-likeness (QED) is 0.781. The number of nitrogens with zero attached hydrogens (tertiary/aromatic N) is 2. The van der Waals surface area contributed by atoms with Gasteiger partial charge in [-0.3, -0.25) is 4.79 Å². The highest BCUT2D eigenvalue weighted by Gasteiger charge is 2.27. The minimum absolute atomic E-state index is 0.166. The highest BCUT2D eigenvalue weighted by molar-refractivity contribution is 6.52. The van der Waals surface area contributed by atoms with Crippen LogP contribution in [0.5, 0.6) is 0 Å². The van der Waals surface area contributed by atoms with Crippen LogP contribution in [0.1, 0.15) is 15.9 Å². The van der Waals surface area contributed by atoms with Gasteiger partial charge in [0, 0.05) is 29.9 Å². The van der Waals surface area contributed by atoms with Crippen LogP contribution < -0.4 is 11.2 Å².